The lowest BCUT2D eigenvalue weighted by Crippen LogP contribution is -1.94. The summed E-state index contributed by atoms with van der Waals surface area (Å²) in [5.41, 5.74) is 0.706. The molecule has 0 atom stereocenters. The predicted octanol–water partition coefficient (Wildman–Crippen LogP) is 4.70. The van der Waals surface area contributed by atoms with E-state index in [1.807, 2.05) is 0 Å². The van der Waals surface area contributed by atoms with Gasteiger partial charge in [0.2, 0.25) is 5.78 Å². The molecule has 19 heavy (non-hydrogen) atoms. The Balaban J connectivity index is 2.01. The fraction of sp³-hybridized carbons (Fsp3) is 0.0714. The molecule has 1 N–H and O–H groups in total. The number of carbonyl (C=O) groups is 1. The number of nitrogens with one attached hydrogen (secondary N) is 1. The molecule has 2 aromatic rings. The topological polar surface area (TPSA) is 42.2 Å². The summed E-state index contributed by atoms with van der Waals surface area (Å²) in [5, 5.41) is 3.97. The lowest BCUT2D eigenvalue weighted by atomic mass is 10.3. The van der Waals surface area contributed by atoms with Crippen LogP contribution in [0.15, 0.2) is 47.0 Å². The van der Waals surface area contributed by atoms with Gasteiger partial charge in [-0.2, -0.15) is 0 Å². The first-order valence-corrected chi connectivity index (χ1v) is 6.30. The van der Waals surface area contributed by atoms with E-state index in [1.54, 1.807) is 37.3 Å². The maximum Gasteiger partial charge on any atom is 0.222 e. The van der Waals surface area contributed by atoms with Crippen LogP contribution in [0.5, 0.6) is 0 Å². The van der Waals surface area contributed by atoms with Crippen molar-refractivity contribution in [3.63, 3.8) is 0 Å². The summed E-state index contributed by atoms with van der Waals surface area (Å²) in [6.45, 7) is 1.78. The second-order valence-electron chi connectivity index (χ2n) is 3.91. The van der Waals surface area contributed by atoms with E-state index in [4.69, 9.17) is 27.6 Å². The molecule has 0 radical (unpaired) electrons. The number of furan rings is 1. The number of anilines is 1. The summed E-state index contributed by atoms with van der Waals surface area (Å²) in [6.07, 6.45) is 2.90. The fourth-order valence-corrected chi connectivity index (χ4v) is 2.03. The highest BCUT2D eigenvalue weighted by molar-refractivity contribution is 6.35. The third kappa shape index (κ3) is 3.88. The molecule has 98 valence electrons. The van der Waals surface area contributed by atoms with Crippen molar-refractivity contribution in [1.82, 2.24) is 0 Å². The maximum atomic E-state index is 11.7. The average molecular weight is 296 g/mol. The van der Waals surface area contributed by atoms with Gasteiger partial charge in [-0.3, -0.25) is 4.79 Å². The van der Waals surface area contributed by atoms with Crippen LogP contribution in [0.1, 0.15) is 16.3 Å². The van der Waals surface area contributed by atoms with Crippen LogP contribution >= 0.6 is 23.2 Å². The average Bonchev–Trinajstić information content (AvgIpc) is 2.74. The van der Waals surface area contributed by atoms with Gasteiger partial charge in [0.25, 0.3) is 0 Å². The molecule has 0 bridgehead atoms. The number of hydrogen-bond acceptors (Lipinski definition) is 3. The molecule has 2 rings (SSSR count). The van der Waals surface area contributed by atoms with Gasteiger partial charge >= 0.3 is 0 Å². The highest BCUT2D eigenvalue weighted by Gasteiger charge is 2.05. The number of ketones is 1. The molecule has 0 unspecified atom stereocenters. The highest BCUT2D eigenvalue weighted by atomic mass is 35.5. The van der Waals surface area contributed by atoms with Gasteiger partial charge in [-0.15, -0.1) is 0 Å². The third-order valence-corrected chi connectivity index (χ3v) is 2.77. The van der Waals surface area contributed by atoms with Gasteiger partial charge in [0, 0.05) is 28.0 Å². The van der Waals surface area contributed by atoms with Crippen molar-refractivity contribution in [1.29, 1.82) is 0 Å². The third-order valence-electron chi connectivity index (χ3n) is 2.33. The molecule has 5 heteroatoms. The van der Waals surface area contributed by atoms with Crippen molar-refractivity contribution >= 4 is 34.7 Å². The van der Waals surface area contributed by atoms with E-state index in [2.05, 4.69) is 5.32 Å². The van der Waals surface area contributed by atoms with Crippen LogP contribution in [0.3, 0.4) is 0 Å². The Morgan fingerprint density at radius 1 is 1.21 bits per heavy atom. The van der Waals surface area contributed by atoms with Crippen LogP contribution in [0.25, 0.3) is 0 Å². The Labute approximate surface area is 120 Å². The summed E-state index contributed by atoms with van der Waals surface area (Å²) in [4.78, 5) is 11.7. The van der Waals surface area contributed by atoms with Gasteiger partial charge in [0.05, 0.1) is 0 Å². The van der Waals surface area contributed by atoms with Gasteiger partial charge in [0.15, 0.2) is 5.76 Å². The first-order chi connectivity index (χ1) is 9.04. The van der Waals surface area contributed by atoms with Crippen molar-refractivity contribution in [3.8, 4) is 0 Å². The Bertz CT molecular complexity index is 612. The molecule has 0 amide bonds. The molecule has 0 fully saturated rings. The van der Waals surface area contributed by atoms with Crippen molar-refractivity contribution in [2.24, 2.45) is 0 Å². The fourth-order valence-electron chi connectivity index (χ4n) is 1.50. The molecule has 1 aromatic heterocycles. The number of carbonyl (C=O) groups excluding carboxylic acids is 1. The Kier molecular flexibility index (Phi) is 4.30. The quantitative estimate of drug-likeness (QED) is 0.656. The summed E-state index contributed by atoms with van der Waals surface area (Å²) >= 11 is 11.7. The Hall–Kier alpha value is -1.71. The van der Waals surface area contributed by atoms with Gasteiger partial charge in [-0.25, -0.2) is 0 Å². The smallest absolute Gasteiger partial charge is 0.222 e. The summed E-state index contributed by atoms with van der Waals surface area (Å²) in [5.74, 6) is 0.791. The lowest BCUT2D eigenvalue weighted by molar-refractivity contribution is 0.102. The maximum absolute atomic E-state index is 11.7. The monoisotopic (exact) mass is 295 g/mol. The van der Waals surface area contributed by atoms with Gasteiger partial charge in [-0.05, 0) is 37.3 Å². The normalized spacial score (nSPS) is 10.9. The van der Waals surface area contributed by atoms with E-state index in [0.29, 0.717) is 27.3 Å². The summed E-state index contributed by atoms with van der Waals surface area (Å²) < 4.78 is 5.22. The minimum atomic E-state index is -0.214. The molecular weight excluding hydrogens is 285 g/mol. The molecule has 0 spiro atoms. The summed E-state index contributed by atoms with van der Waals surface area (Å²) in [6, 6.07) is 8.43. The van der Waals surface area contributed by atoms with Gasteiger partial charge in [-0.1, -0.05) is 23.2 Å². The number of hydrogen-bond donors (Lipinski definition) is 1. The molecule has 3 nitrogen and oxygen atoms in total. The van der Waals surface area contributed by atoms with Crippen molar-refractivity contribution < 1.29 is 9.21 Å². The first-order valence-electron chi connectivity index (χ1n) is 5.54. The second kappa shape index (κ2) is 5.95. The van der Waals surface area contributed by atoms with Crippen molar-refractivity contribution in [3.05, 3.63) is 64.2 Å². The highest BCUT2D eigenvalue weighted by Crippen LogP contribution is 2.22. The number of halogens is 2. The van der Waals surface area contributed by atoms with E-state index in [1.165, 1.54) is 12.3 Å². The molecule has 0 aliphatic heterocycles. The second-order valence-corrected chi connectivity index (χ2v) is 4.78. The number of rotatable bonds is 4. The Morgan fingerprint density at radius 2 is 1.89 bits per heavy atom. The molecule has 1 aromatic carbocycles. The number of benzene rings is 1. The van der Waals surface area contributed by atoms with Crippen LogP contribution < -0.4 is 5.32 Å². The zero-order chi connectivity index (χ0) is 13.8. The molecule has 0 aliphatic carbocycles. The van der Waals surface area contributed by atoms with E-state index in [0.717, 1.165) is 0 Å². The first kappa shape index (κ1) is 13.7. The molecule has 0 aliphatic rings. The number of allylic oxidation sites excluding steroid dienone is 1. The SMILES string of the molecule is Cc1ccc(C(=O)C=CNc2cc(Cl)cc(Cl)c2)o1. The van der Waals surface area contributed by atoms with E-state index >= 15 is 0 Å². The molecule has 1 heterocycles. The zero-order valence-corrected chi connectivity index (χ0v) is 11.6. The Morgan fingerprint density at radius 3 is 2.47 bits per heavy atom. The minimum absolute atomic E-state index is 0.214. The van der Waals surface area contributed by atoms with Crippen LogP contribution in [-0.2, 0) is 0 Å². The predicted molar refractivity (Wildman–Crippen MR) is 77.0 cm³/mol. The minimum Gasteiger partial charge on any atom is -0.458 e. The van der Waals surface area contributed by atoms with Gasteiger partial charge < -0.3 is 9.73 Å². The summed E-state index contributed by atoms with van der Waals surface area (Å²) in [7, 11) is 0. The lowest BCUT2D eigenvalue weighted by Gasteiger charge is -2.01. The van der Waals surface area contributed by atoms with Crippen LogP contribution in [0, 0.1) is 6.92 Å². The van der Waals surface area contributed by atoms with Crippen LogP contribution in [-0.4, -0.2) is 5.78 Å². The zero-order valence-electron chi connectivity index (χ0n) is 10.1. The van der Waals surface area contributed by atoms with E-state index in [-0.39, 0.29) is 5.78 Å². The molecular formula is C14H11Cl2NO2. The van der Waals surface area contributed by atoms with Crippen LogP contribution in [0.4, 0.5) is 5.69 Å². The van der Waals surface area contributed by atoms with Crippen LogP contribution in [0.2, 0.25) is 10.0 Å². The van der Waals surface area contributed by atoms with Crippen molar-refractivity contribution in [2.75, 3.05) is 5.32 Å². The molecule has 0 saturated heterocycles. The number of aryl methyl sites for hydroxylation is 1. The molecule has 0 saturated carbocycles. The van der Waals surface area contributed by atoms with Gasteiger partial charge in [0.1, 0.15) is 5.76 Å². The standard InChI is InChI=1S/C14H11Cl2NO2/c1-9-2-3-14(19-9)13(18)4-5-17-12-7-10(15)6-11(16)8-12/h2-8,17H,1H3. The van der Waals surface area contributed by atoms with E-state index in [9.17, 15) is 4.79 Å². The largest absolute Gasteiger partial charge is 0.458 e. The van der Waals surface area contributed by atoms with Crippen molar-refractivity contribution in [2.45, 2.75) is 6.92 Å². The van der Waals surface area contributed by atoms with E-state index < -0.39 is 0 Å².